The zero-order valence-electron chi connectivity index (χ0n) is 15.9. The van der Waals surface area contributed by atoms with Crippen LogP contribution >= 0.6 is 0 Å². The highest BCUT2D eigenvalue weighted by Gasteiger charge is 2.40. The second-order valence-electron chi connectivity index (χ2n) is 6.95. The van der Waals surface area contributed by atoms with Crippen LogP contribution < -0.4 is 5.32 Å². The van der Waals surface area contributed by atoms with Crippen molar-refractivity contribution in [3.63, 3.8) is 0 Å². The Morgan fingerprint density at radius 3 is 2.57 bits per heavy atom. The molecule has 1 aliphatic rings. The number of furan rings is 1. The van der Waals surface area contributed by atoms with Crippen molar-refractivity contribution < 1.29 is 22.4 Å². The molecule has 0 bridgehead atoms. The first-order chi connectivity index (χ1) is 14.4. The third-order valence-corrected chi connectivity index (χ3v) is 7.09. The second-order valence-corrected chi connectivity index (χ2v) is 8.78. The van der Waals surface area contributed by atoms with Crippen LogP contribution in [0.2, 0.25) is 0 Å². The zero-order chi connectivity index (χ0) is 21.0. The van der Waals surface area contributed by atoms with Gasteiger partial charge in [-0.25, -0.2) is 12.7 Å². The lowest BCUT2D eigenvalue weighted by Crippen LogP contribution is -2.29. The summed E-state index contributed by atoms with van der Waals surface area (Å²) in [5.41, 5.74) is 2.13. The Balaban J connectivity index is 1.48. The third-order valence-electron chi connectivity index (χ3n) is 5.19. The van der Waals surface area contributed by atoms with Crippen LogP contribution in [0.1, 0.15) is 27.6 Å². The van der Waals surface area contributed by atoms with E-state index in [1.165, 1.54) is 18.2 Å². The van der Waals surface area contributed by atoms with E-state index in [1.54, 1.807) is 19.1 Å². The number of fused-ring (bicyclic) bond motifs is 4. The summed E-state index contributed by atoms with van der Waals surface area (Å²) in [6.45, 7) is 1.62. The summed E-state index contributed by atoms with van der Waals surface area (Å²) < 4.78 is 31.7. The maximum atomic E-state index is 12.7. The highest BCUT2D eigenvalue weighted by molar-refractivity contribution is 7.90. The SMILES string of the molecule is CCN1C(=O)c2ccc(C(=O)Nc3ccc4c(c3)oc3ccccc34)cc2S1(=O)=O. The van der Waals surface area contributed by atoms with Gasteiger partial charge in [0.1, 0.15) is 16.1 Å². The van der Waals surface area contributed by atoms with Gasteiger partial charge in [-0.1, -0.05) is 18.2 Å². The topological polar surface area (TPSA) is 96.7 Å². The minimum atomic E-state index is -3.93. The smallest absolute Gasteiger partial charge is 0.268 e. The number of sulfonamides is 1. The number of carbonyl (C=O) groups is 2. The third kappa shape index (κ3) is 2.61. The molecule has 0 atom stereocenters. The van der Waals surface area contributed by atoms with Crippen LogP contribution in [-0.4, -0.2) is 31.1 Å². The highest BCUT2D eigenvalue weighted by atomic mass is 32.2. The minimum absolute atomic E-state index is 0.0366. The molecule has 8 heteroatoms. The fraction of sp³-hybridized carbons (Fsp3) is 0.0909. The number of nitrogens with one attached hydrogen (secondary N) is 1. The number of amides is 2. The molecule has 0 unspecified atom stereocenters. The van der Waals surface area contributed by atoms with E-state index in [-0.39, 0.29) is 22.6 Å². The van der Waals surface area contributed by atoms with Crippen molar-refractivity contribution in [2.45, 2.75) is 11.8 Å². The van der Waals surface area contributed by atoms with E-state index < -0.39 is 21.8 Å². The van der Waals surface area contributed by atoms with E-state index in [2.05, 4.69) is 5.32 Å². The molecule has 1 N–H and O–H groups in total. The van der Waals surface area contributed by atoms with Gasteiger partial charge in [-0.2, -0.15) is 0 Å². The first-order valence-corrected chi connectivity index (χ1v) is 10.8. The molecule has 0 saturated heterocycles. The summed E-state index contributed by atoms with van der Waals surface area (Å²) in [7, 11) is -3.93. The van der Waals surface area contributed by atoms with Gasteiger partial charge < -0.3 is 9.73 Å². The molecule has 0 radical (unpaired) electrons. The van der Waals surface area contributed by atoms with E-state index >= 15 is 0 Å². The Bertz CT molecular complexity index is 1470. The fourth-order valence-electron chi connectivity index (χ4n) is 3.74. The molecular weight excluding hydrogens is 404 g/mol. The minimum Gasteiger partial charge on any atom is -0.456 e. The van der Waals surface area contributed by atoms with Crippen LogP contribution in [0.5, 0.6) is 0 Å². The van der Waals surface area contributed by atoms with Crippen LogP contribution in [0, 0.1) is 0 Å². The lowest BCUT2D eigenvalue weighted by molar-refractivity contribution is 0.0875. The Labute approximate surface area is 171 Å². The van der Waals surface area contributed by atoms with Gasteiger partial charge in [0.25, 0.3) is 21.8 Å². The van der Waals surface area contributed by atoms with Gasteiger partial charge in [0.05, 0.1) is 5.56 Å². The van der Waals surface area contributed by atoms with E-state index in [1.807, 2.05) is 30.3 Å². The summed E-state index contributed by atoms with van der Waals surface area (Å²) >= 11 is 0. The normalized spacial score (nSPS) is 15.0. The lowest BCUT2D eigenvalue weighted by atomic mass is 10.1. The summed E-state index contributed by atoms with van der Waals surface area (Å²) in [6.07, 6.45) is 0. The van der Waals surface area contributed by atoms with Gasteiger partial charge in [-0.3, -0.25) is 9.59 Å². The summed E-state index contributed by atoms with van der Waals surface area (Å²) in [5, 5.41) is 4.68. The predicted octanol–water partition coefficient (Wildman–Crippen LogP) is 4.00. The van der Waals surface area contributed by atoms with Gasteiger partial charge in [0.2, 0.25) is 0 Å². The van der Waals surface area contributed by atoms with E-state index in [4.69, 9.17) is 4.42 Å². The average molecular weight is 420 g/mol. The number of para-hydroxylation sites is 1. The zero-order valence-corrected chi connectivity index (χ0v) is 16.7. The average Bonchev–Trinajstić information content (AvgIpc) is 3.19. The molecular formula is C22H16N2O5S. The number of carbonyl (C=O) groups excluding carboxylic acids is 2. The van der Waals surface area contributed by atoms with E-state index in [0.29, 0.717) is 11.3 Å². The number of rotatable bonds is 3. The molecule has 30 heavy (non-hydrogen) atoms. The van der Waals surface area contributed by atoms with Crippen molar-refractivity contribution in [2.75, 3.05) is 11.9 Å². The number of nitrogens with zero attached hydrogens (tertiary/aromatic N) is 1. The largest absolute Gasteiger partial charge is 0.456 e. The van der Waals surface area contributed by atoms with Gasteiger partial charge in [-0.05, 0) is 43.3 Å². The number of hydrogen-bond donors (Lipinski definition) is 1. The molecule has 3 aromatic carbocycles. The Kier molecular flexibility index (Phi) is 3.94. The number of anilines is 1. The molecule has 2 amide bonds. The van der Waals surface area contributed by atoms with Crippen LogP contribution in [0.4, 0.5) is 5.69 Å². The molecule has 4 aromatic rings. The van der Waals surface area contributed by atoms with Gasteiger partial charge in [0, 0.05) is 34.6 Å². The Hall–Kier alpha value is -3.65. The van der Waals surface area contributed by atoms with Crippen LogP contribution in [0.3, 0.4) is 0 Å². The highest BCUT2D eigenvalue weighted by Crippen LogP contribution is 2.32. The molecule has 0 spiro atoms. The number of hydrogen-bond acceptors (Lipinski definition) is 5. The summed E-state index contributed by atoms with van der Waals surface area (Å²) in [4.78, 5) is 24.8. The van der Waals surface area contributed by atoms with Crippen molar-refractivity contribution in [3.05, 3.63) is 71.8 Å². The van der Waals surface area contributed by atoms with E-state index in [9.17, 15) is 18.0 Å². The Morgan fingerprint density at radius 2 is 1.77 bits per heavy atom. The maximum absolute atomic E-state index is 12.7. The van der Waals surface area contributed by atoms with Crippen molar-refractivity contribution in [1.82, 2.24) is 4.31 Å². The van der Waals surface area contributed by atoms with Crippen LogP contribution in [0.15, 0.2) is 70.0 Å². The molecule has 0 aliphatic carbocycles. The fourth-order valence-corrected chi connectivity index (χ4v) is 5.34. The summed E-state index contributed by atoms with van der Waals surface area (Å²) in [5.74, 6) is -1.05. The molecule has 7 nitrogen and oxygen atoms in total. The first kappa shape index (κ1) is 18.4. The standard InChI is InChI=1S/C22H16N2O5S/c1-2-24-22(26)17-9-7-13(11-20(17)30(24,27)28)21(25)23-14-8-10-16-15-5-3-4-6-18(15)29-19(16)12-14/h3-12H,2H2,1H3,(H,23,25). The van der Waals surface area contributed by atoms with Crippen molar-refractivity contribution in [1.29, 1.82) is 0 Å². The molecule has 2 heterocycles. The molecule has 150 valence electrons. The molecule has 0 saturated carbocycles. The van der Waals surface area contributed by atoms with Crippen LogP contribution in [-0.2, 0) is 10.0 Å². The molecule has 5 rings (SSSR count). The molecule has 0 fully saturated rings. The maximum Gasteiger partial charge on any atom is 0.268 e. The molecule has 1 aromatic heterocycles. The van der Waals surface area contributed by atoms with Crippen molar-refractivity contribution in [2.24, 2.45) is 0 Å². The van der Waals surface area contributed by atoms with Gasteiger partial charge >= 0.3 is 0 Å². The van der Waals surface area contributed by atoms with Crippen molar-refractivity contribution >= 4 is 49.5 Å². The van der Waals surface area contributed by atoms with Crippen molar-refractivity contribution in [3.8, 4) is 0 Å². The van der Waals surface area contributed by atoms with E-state index in [0.717, 1.165) is 20.7 Å². The van der Waals surface area contributed by atoms with Gasteiger partial charge in [-0.15, -0.1) is 0 Å². The quantitative estimate of drug-likeness (QED) is 0.540. The first-order valence-electron chi connectivity index (χ1n) is 9.34. The lowest BCUT2D eigenvalue weighted by Gasteiger charge is -2.11. The predicted molar refractivity (Wildman–Crippen MR) is 112 cm³/mol. The van der Waals surface area contributed by atoms with Gasteiger partial charge in [0.15, 0.2) is 0 Å². The number of benzene rings is 3. The van der Waals surface area contributed by atoms with Crippen LogP contribution in [0.25, 0.3) is 21.9 Å². The monoisotopic (exact) mass is 420 g/mol. The second kappa shape index (κ2) is 6.43. The Morgan fingerprint density at radius 1 is 1.00 bits per heavy atom. The summed E-state index contributed by atoms with van der Waals surface area (Å²) in [6, 6.07) is 17.1. The molecule has 1 aliphatic heterocycles.